The van der Waals surface area contributed by atoms with E-state index in [2.05, 4.69) is 17.9 Å². The van der Waals surface area contributed by atoms with E-state index < -0.39 is 0 Å². The molecule has 3 nitrogen and oxygen atoms in total. The maximum Gasteiger partial charge on any atom is 0.133 e. The molecule has 1 aromatic carbocycles. The Morgan fingerprint density at radius 3 is 2.70 bits per heavy atom. The second-order valence-corrected chi connectivity index (χ2v) is 6.37. The van der Waals surface area contributed by atoms with Gasteiger partial charge in [0.1, 0.15) is 11.9 Å². The van der Waals surface area contributed by atoms with Crippen LogP contribution in [0.1, 0.15) is 32.3 Å². The van der Waals surface area contributed by atoms with Crippen molar-refractivity contribution in [3.05, 3.63) is 23.8 Å². The summed E-state index contributed by atoms with van der Waals surface area (Å²) < 4.78 is 0. The smallest absolute Gasteiger partial charge is 0.133 e. The van der Waals surface area contributed by atoms with Crippen LogP contribution in [0.5, 0.6) is 0 Å². The molecular formula is C16H20N2OS. The lowest BCUT2D eigenvalue weighted by molar-refractivity contribution is -0.121. The van der Waals surface area contributed by atoms with Crippen LogP contribution in [0.15, 0.2) is 23.1 Å². The molecule has 20 heavy (non-hydrogen) atoms. The molecule has 0 spiro atoms. The van der Waals surface area contributed by atoms with Gasteiger partial charge in [0, 0.05) is 23.9 Å². The summed E-state index contributed by atoms with van der Waals surface area (Å²) in [5.74, 6) is 1.45. The molecule has 0 amide bonds. The van der Waals surface area contributed by atoms with Crippen molar-refractivity contribution >= 4 is 23.2 Å². The maximum atomic E-state index is 11.4. The van der Waals surface area contributed by atoms with E-state index in [0.29, 0.717) is 5.78 Å². The Hall–Kier alpha value is -1.47. The molecule has 1 fully saturated rings. The van der Waals surface area contributed by atoms with Gasteiger partial charge in [-0.15, -0.1) is 11.8 Å². The fraction of sp³-hybridized carbons (Fsp3) is 0.500. The zero-order valence-corrected chi connectivity index (χ0v) is 12.9. The van der Waals surface area contributed by atoms with Crippen LogP contribution in [0.3, 0.4) is 0 Å². The molecule has 1 aromatic rings. The van der Waals surface area contributed by atoms with E-state index in [0.717, 1.165) is 47.8 Å². The van der Waals surface area contributed by atoms with Crippen molar-refractivity contribution in [1.82, 2.24) is 0 Å². The topological polar surface area (TPSA) is 44.1 Å². The van der Waals surface area contributed by atoms with Gasteiger partial charge >= 0.3 is 0 Å². The normalized spacial score (nSPS) is 15.9. The second kappa shape index (κ2) is 6.81. The molecule has 0 bridgehead atoms. The van der Waals surface area contributed by atoms with E-state index >= 15 is 0 Å². The molecule has 2 rings (SSSR count). The second-order valence-electron chi connectivity index (χ2n) is 5.07. The molecule has 1 aliphatic rings. The maximum absolute atomic E-state index is 11.4. The van der Waals surface area contributed by atoms with E-state index in [4.69, 9.17) is 0 Å². The zero-order valence-electron chi connectivity index (χ0n) is 12.1. The number of piperidine rings is 1. The predicted octanol–water partition coefficient (Wildman–Crippen LogP) is 3.48. The lowest BCUT2D eigenvalue weighted by Gasteiger charge is -2.33. The highest BCUT2D eigenvalue weighted by atomic mass is 32.2. The molecule has 0 unspecified atom stereocenters. The fourth-order valence-corrected chi connectivity index (χ4v) is 3.48. The third-order valence-corrected chi connectivity index (χ3v) is 4.77. The Bertz CT molecular complexity index is 528. The number of carbonyl (C=O) groups is 1. The summed E-state index contributed by atoms with van der Waals surface area (Å²) in [6.07, 6.45) is 1.79. The number of hydrogen-bond donors (Lipinski definition) is 0. The number of benzene rings is 1. The van der Waals surface area contributed by atoms with Crippen LogP contribution < -0.4 is 4.90 Å². The number of nitriles is 1. The van der Waals surface area contributed by atoms with Crippen LogP contribution in [0, 0.1) is 17.2 Å². The summed E-state index contributed by atoms with van der Waals surface area (Å²) in [6, 6.07) is 8.40. The molecule has 0 aromatic heterocycles. The first-order valence-electron chi connectivity index (χ1n) is 7.08. The first-order valence-corrected chi connectivity index (χ1v) is 8.07. The van der Waals surface area contributed by atoms with Gasteiger partial charge < -0.3 is 4.90 Å². The van der Waals surface area contributed by atoms with Crippen LogP contribution in [-0.4, -0.2) is 24.6 Å². The SMILES string of the molecule is CCSc1cccc(N2CCC(C(C)=O)CC2)c1C#N. The summed E-state index contributed by atoms with van der Waals surface area (Å²) in [5, 5.41) is 9.45. The summed E-state index contributed by atoms with van der Waals surface area (Å²) in [7, 11) is 0. The van der Waals surface area contributed by atoms with Gasteiger partial charge in [-0.05, 0) is 37.7 Å². The van der Waals surface area contributed by atoms with Gasteiger partial charge in [0.25, 0.3) is 0 Å². The molecule has 1 saturated heterocycles. The minimum Gasteiger partial charge on any atom is -0.370 e. The monoisotopic (exact) mass is 288 g/mol. The lowest BCUT2D eigenvalue weighted by atomic mass is 9.93. The standard InChI is InChI=1S/C16H20N2OS/c1-3-20-16-6-4-5-15(14(16)11-17)18-9-7-13(8-10-18)12(2)19/h4-6,13H,3,7-10H2,1-2H3. The van der Waals surface area contributed by atoms with Gasteiger partial charge in [0.05, 0.1) is 11.3 Å². The van der Waals surface area contributed by atoms with Gasteiger partial charge in [0.15, 0.2) is 0 Å². The molecule has 0 atom stereocenters. The Morgan fingerprint density at radius 1 is 1.45 bits per heavy atom. The molecule has 0 aliphatic carbocycles. The Morgan fingerprint density at radius 2 is 2.15 bits per heavy atom. The molecule has 4 heteroatoms. The average molecular weight is 288 g/mol. The van der Waals surface area contributed by atoms with Crippen LogP contribution in [0.25, 0.3) is 0 Å². The van der Waals surface area contributed by atoms with Crippen molar-refractivity contribution in [1.29, 1.82) is 5.26 Å². The molecule has 0 N–H and O–H groups in total. The minimum atomic E-state index is 0.199. The van der Waals surface area contributed by atoms with Crippen molar-refractivity contribution in [3.8, 4) is 6.07 Å². The molecule has 0 radical (unpaired) electrons. The first-order chi connectivity index (χ1) is 9.67. The fourth-order valence-electron chi connectivity index (χ4n) is 2.70. The van der Waals surface area contributed by atoms with Gasteiger partial charge in [-0.2, -0.15) is 5.26 Å². The number of hydrogen-bond acceptors (Lipinski definition) is 4. The Labute approximate surface area is 125 Å². The predicted molar refractivity (Wildman–Crippen MR) is 83.2 cm³/mol. The number of Topliss-reactive ketones (excluding diaryl/α,β-unsaturated/α-hetero) is 1. The third-order valence-electron chi connectivity index (χ3n) is 3.83. The van der Waals surface area contributed by atoms with Crippen molar-refractivity contribution in [2.24, 2.45) is 5.92 Å². The van der Waals surface area contributed by atoms with E-state index in [9.17, 15) is 10.1 Å². The number of nitrogens with zero attached hydrogens (tertiary/aromatic N) is 2. The molecule has 1 aliphatic heterocycles. The molecule has 0 saturated carbocycles. The minimum absolute atomic E-state index is 0.199. The number of ketones is 1. The van der Waals surface area contributed by atoms with E-state index in [1.165, 1.54) is 0 Å². The van der Waals surface area contributed by atoms with Crippen molar-refractivity contribution in [2.45, 2.75) is 31.6 Å². The third kappa shape index (κ3) is 3.16. The quantitative estimate of drug-likeness (QED) is 0.796. The number of carbonyl (C=O) groups excluding carboxylic acids is 1. The lowest BCUT2D eigenvalue weighted by Crippen LogP contribution is -2.36. The number of thioether (sulfide) groups is 1. The largest absolute Gasteiger partial charge is 0.370 e. The Balaban J connectivity index is 2.20. The van der Waals surface area contributed by atoms with Crippen molar-refractivity contribution < 1.29 is 4.79 Å². The number of anilines is 1. The summed E-state index contributed by atoms with van der Waals surface area (Å²) >= 11 is 1.71. The highest BCUT2D eigenvalue weighted by Crippen LogP contribution is 2.32. The van der Waals surface area contributed by atoms with E-state index in [-0.39, 0.29) is 5.92 Å². The number of rotatable bonds is 4. The van der Waals surface area contributed by atoms with Crippen LogP contribution in [-0.2, 0) is 4.79 Å². The van der Waals surface area contributed by atoms with Crippen molar-refractivity contribution in [2.75, 3.05) is 23.7 Å². The average Bonchev–Trinajstić information content (AvgIpc) is 2.47. The first kappa shape index (κ1) is 14.9. The zero-order chi connectivity index (χ0) is 14.5. The van der Waals surface area contributed by atoms with Crippen molar-refractivity contribution in [3.63, 3.8) is 0 Å². The van der Waals surface area contributed by atoms with Gasteiger partial charge in [0.2, 0.25) is 0 Å². The van der Waals surface area contributed by atoms with Gasteiger partial charge in [-0.3, -0.25) is 4.79 Å². The highest BCUT2D eigenvalue weighted by Gasteiger charge is 2.24. The van der Waals surface area contributed by atoms with E-state index in [1.54, 1.807) is 18.7 Å². The molecule has 1 heterocycles. The molecular weight excluding hydrogens is 268 g/mol. The van der Waals surface area contributed by atoms with E-state index in [1.807, 2.05) is 18.2 Å². The summed E-state index contributed by atoms with van der Waals surface area (Å²) in [4.78, 5) is 14.7. The highest BCUT2D eigenvalue weighted by molar-refractivity contribution is 7.99. The van der Waals surface area contributed by atoms with Gasteiger partial charge in [-0.25, -0.2) is 0 Å². The molecule has 106 valence electrons. The Kier molecular flexibility index (Phi) is 5.08. The van der Waals surface area contributed by atoms with Crippen LogP contribution in [0.2, 0.25) is 0 Å². The summed E-state index contributed by atoms with van der Waals surface area (Å²) in [6.45, 7) is 5.49. The summed E-state index contributed by atoms with van der Waals surface area (Å²) in [5.41, 5.74) is 1.80. The van der Waals surface area contributed by atoms with Crippen LogP contribution >= 0.6 is 11.8 Å². The van der Waals surface area contributed by atoms with Gasteiger partial charge in [-0.1, -0.05) is 13.0 Å². The van der Waals surface area contributed by atoms with Crippen LogP contribution in [0.4, 0.5) is 5.69 Å².